The maximum absolute atomic E-state index is 13.0. The summed E-state index contributed by atoms with van der Waals surface area (Å²) in [6.07, 6.45) is 1.27. The highest BCUT2D eigenvalue weighted by molar-refractivity contribution is 6.31. The zero-order chi connectivity index (χ0) is 18.3. The number of halogens is 2. The molecule has 0 unspecified atom stereocenters. The fourth-order valence-electron chi connectivity index (χ4n) is 3.99. The van der Waals surface area contributed by atoms with Crippen molar-refractivity contribution in [1.29, 1.82) is 0 Å². The molecule has 1 aliphatic carbocycles. The Morgan fingerprint density at radius 1 is 0.923 bits per heavy atom. The van der Waals surface area contributed by atoms with Crippen molar-refractivity contribution in [3.8, 4) is 0 Å². The third-order valence-electron chi connectivity index (χ3n) is 5.13. The Hall–Kier alpha value is -2.10. The minimum atomic E-state index is -0.239. The number of carbonyl (C=O) groups is 2. The number of carbonyl (C=O) groups excluding carboxylic acids is 2. The molecule has 0 saturated carbocycles. The van der Waals surface area contributed by atoms with Gasteiger partial charge in [0, 0.05) is 40.1 Å². The average molecular weight is 386 g/mol. The van der Waals surface area contributed by atoms with Gasteiger partial charge in [0.05, 0.1) is 0 Å². The van der Waals surface area contributed by atoms with E-state index in [1.165, 1.54) is 0 Å². The molecule has 132 valence electrons. The van der Waals surface area contributed by atoms with E-state index in [-0.39, 0.29) is 29.9 Å². The van der Waals surface area contributed by atoms with E-state index >= 15 is 0 Å². The number of hydrogen-bond acceptors (Lipinski definition) is 2. The zero-order valence-electron chi connectivity index (χ0n) is 14.0. The van der Waals surface area contributed by atoms with Gasteiger partial charge in [0.25, 0.3) is 0 Å². The van der Waals surface area contributed by atoms with Crippen LogP contribution in [0.25, 0.3) is 0 Å². The lowest BCUT2D eigenvalue weighted by molar-refractivity contribution is -0.122. The molecular formula is C21H17Cl2NO2. The smallest absolute Gasteiger partial charge is 0.225 e. The molecule has 0 spiro atoms. The van der Waals surface area contributed by atoms with Crippen molar-refractivity contribution in [2.75, 3.05) is 0 Å². The molecule has 1 aliphatic heterocycles. The highest BCUT2D eigenvalue weighted by Gasteiger charge is 2.38. The molecule has 1 amide bonds. The maximum Gasteiger partial charge on any atom is 0.225 e. The Morgan fingerprint density at radius 2 is 1.73 bits per heavy atom. The highest BCUT2D eigenvalue weighted by atomic mass is 35.5. The van der Waals surface area contributed by atoms with Crippen LogP contribution in [-0.4, -0.2) is 11.7 Å². The van der Waals surface area contributed by atoms with Crippen LogP contribution in [0.4, 0.5) is 0 Å². The molecule has 1 heterocycles. The summed E-state index contributed by atoms with van der Waals surface area (Å²) in [5, 5.41) is 4.19. The van der Waals surface area contributed by atoms with Crippen LogP contribution in [0.5, 0.6) is 0 Å². The number of nitrogens with one attached hydrogen (secondary N) is 1. The Balaban J connectivity index is 1.74. The van der Waals surface area contributed by atoms with Crippen LogP contribution in [0.1, 0.15) is 42.2 Å². The lowest BCUT2D eigenvalue weighted by Gasteiger charge is -2.34. The van der Waals surface area contributed by atoms with Gasteiger partial charge in [-0.15, -0.1) is 0 Å². The summed E-state index contributed by atoms with van der Waals surface area (Å²) >= 11 is 12.4. The van der Waals surface area contributed by atoms with Crippen LogP contribution in [0, 0.1) is 0 Å². The summed E-state index contributed by atoms with van der Waals surface area (Å²) in [6, 6.07) is 15.0. The summed E-state index contributed by atoms with van der Waals surface area (Å²) in [4.78, 5) is 25.3. The molecule has 0 aromatic heterocycles. The topological polar surface area (TPSA) is 46.2 Å². The quantitative estimate of drug-likeness (QED) is 0.790. The standard InChI is InChI=1S/C21H17Cl2NO2/c22-14-5-3-4-12(8-14)16-11-20(26)24-18-9-13(10-19(25)21(16)18)15-6-1-2-7-17(15)23/h1-8,13,16H,9-11H2,(H,24,26)/t13-,16+/m1/s1. The first-order valence-electron chi connectivity index (χ1n) is 8.59. The van der Waals surface area contributed by atoms with Crippen molar-refractivity contribution in [2.45, 2.75) is 31.1 Å². The molecule has 2 aliphatic rings. The molecule has 0 bridgehead atoms. The SMILES string of the molecule is O=C1C[C@@H](c2cccc(Cl)c2)C2=C(C[C@@H](c3ccccc3Cl)CC2=O)N1. The Labute approximate surface area is 162 Å². The molecule has 1 N–H and O–H groups in total. The number of rotatable bonds is 2. The lowest BCUT2D eigenvalue weighted by atomic mass is 9.73. The number of benzene rings is 2. The van der Waals surface area contributed by atoms with Gasteiger partial charge in [0.1, 0.15) is 0 Å². The number of amides is 1. The van der Waals surface area contributed by atoms with Crippen molar-refractivity contribution in [3.05, 3.63) is 81.0 Å². The van der Waals surface area contributed by atoms with Gasteiger partial charge in [-0.2, -0.15) is 0 Å². The van der Waals surface area contributed by atoms with Crippen LogP contribution in [-0.2, 0) is 9.59 Å². The molecule has 0 saturated heterocycles. The van der Waals surface area contributed by atoms with Crippen molar-refractivity contribution in [2.24, 2.45) is 0 Å². The minimum Gasteiger partial charge on any atom is -0.329 e. The average Bonchev–Trinajstić information content (AvgIpc) is 2.61. The van der Waals surface area contributed by atoms with E-state index in [0.29, 0.717) is 22.9 Å². The van der Waals surface area contributed by atoms with Crippen molar-refractivity contribution in [3.63, 3.8) is 0 Å². The monoisotopic (exact) mass is 385 g/mol. The van der Waals surface area contributed by atoms with Gasteiger partial charge in [0.15, 0.2) is 5.78 Å². The molecule has 4 rings (SSSR count). The van der Waals surface area contributed by atoms with Crippen molar-refractivity contribution in [1.82, 2.24) is 5.32 Å². The van der Waals surface area contributed by atoms with Crippen LogP contribution in [0.15, 0.2) is 59.8 Å². The molecule has 0 fully saturated rings. The van der Waals surface area contributed by atoms with E-state index in [2.05, 4.69) is 5.32 Å². The normalized spacial score (nSPS) is 22.8. The second-order valence-electron chi connectivity index (χ2n) is 6.80. The largest absolute Gasteiger partial charge is 0.329 e. The van der Waals surface area contributed by atoms with E-state index in [0.717, 1.165) is 22.4 Å². The Morgan fingerprint density at radius 3 is 2.50 bits per heavy atom. The summed E-state index contributed by atoms with van der Waals surface area (Å²) in [5.74, 6) is -0.256. The van der Waals surface area contributed by atoms with Crippen molar-refractivity contribution >= 4 is 34.9 Å². The maximum atomic E-state index is 13.0. The number of ketones is 1. The van der Waals surface area contributed by atoms with Gasteiger partial charge >= 0.3 is 0 Å². The minimum absolute atomic E-state index is 0.0200. The van der Waals surface area contributed by atoms with Crippen LogP contribution < -0.4 is 5.32 Å². The van der Waals surface area contributed by atoms with Gasteiger partial charge in [-0.3, -0.25) is 9.59 Å². The number of allylic oxidation sites excluding steroid dienone is 2. The van der Waals surface area contributed by atoms with E-state index in [1.54, 1.807) is 6.07 Å². The Bertz CT molecular complexity index is 935. The summed E-state index contributed by atoms with van der Waals surface area (Å²) in [7, 11) is 0. The first-order chi connectivity index (χ1) is 12.5. The fraction of sp³-hybridized carbons (Fsp3) is 0.238. The predicted octanol–water partition coefficient (Wildman–Crippen LogP) is 5.00. The van der Waals surface area contributed by atoms with Crippen LogP contribution >= 0.6 is 23.2 Å². The molecular weight excluding hydrogens is 369 g/mol. The zero-order valence-corrected chi connectivity index (χ0v) is 15.5. The summed E-state index contributed by atoms with van der Waals surface area (Å²) in [6.45, 7) is 0. The fourth-order valence-corrected chi connectivity index (χ4v) is 4.48. The Kier molecular flexibility index (Phi) is 4.60. The highest BCUT2D eigenvalue weighted by Crippen LogP contribution is 2.43. The summed E-state index contributed by atoms with van der Waals surface area (Å²) < 4.78 is 0. The van der Waals surface area contributed by atoms with Crippen LogP contribution in [0.3, 0.4) is 0 Å². The number of Topliss-reactive ketones (excluding diaryl/α,β-unsaturated/α-hetero) is 1. The lowest BCUT2D eigenvalue weighted by Crippen LogP contribution is -2.38. The predicted molar refractivity (Wildman–Crippen MR) is 102 cm³/mol. The van der Waals surface area contributed by atoms with Gasteiger partial charge in [0.2, 0.25) is 5.91 Å². The van der Waals surface area contributed by atoms with Crippen molar-refractivity contribution < 1.29 is 9.59 Å². The summed E-state index contributed by atoms with van der Waals surface area (Å²) in [5.41, 5.74) is 3.31. The van der Waals surface area contributed by atoms with E-state index in [1.807, 2.05) is 42.5 Å². The first-order valence-corrected chi connectivity index (χ1v) is 9.34. The van der Waals surface area contributed by atoms with E-state index in [9.17, 15) is 9.59 Å². The second kappa shape index (κ2) is 6.90. The second-order valence-corrected chi connectivity index (χ2v) is 7.65. The third kappa shape index (κ3) is 3.17. The molecule has 0 radical (unpaired) electrons. The van der Waals surface area contributed by atoms with Gasteiger partial charge in [-0.1, -0.05) is 53.5 Å². The van der Waals surface area contributed by atoms with Gasteiger partial charge in [-0.05, 0) is 41.7 Å². The van der Waals surface area contributed by atoms with E-state index < -0.39 is 0 Å². The van der Waals surface area contributed by atoms with Gasteiger partial charge < -0.3 is 5.32 Å². The molecule has 2 atom stereocenters. The molecule has 3 nitrogen and oxygen atoms in total. The molecule has 26 heavy (non-hydrogen) atoms. The third-order valence-corrected chi connectivity index (χ3v) is 5.71. The van der Waals surface area contributed by atoms with E-state index in [4.69, 9.17) is 23.2 Å². The molecule has 2 aromatic carbocycles. The molecule has 2 aromatic rings. The van der Waals surface area contributed by atoms with Gasteiger partial charge in [-0.25, -0.2) is 0 Å². The first kappa shape index (κ1) is 17.3. The van der Waals surface area contributed by atoms with Crippen LogP contribution in [0.2, 0.25) is 10.0 Å². The number of hydrogen-bond donors (Lipinski definition) is 1. The molecule has 5 heteroatoms.